The van der Waals surface area contributed by atoms with Gasteiger partial charge in [-0.2, -0.15) is 4.31 Å². The molecular weight excluding hydrogens is 490 g/mol. The monoisotopic (exact) mass is 515 g/mol. The molecule has 0 saturated carbocycles. The van der Waals surface area contributed by atoms with Gasteiger partial charge in [0.1, 0.15) is 5.75 Å². The first-order chi connectivity index (χ1) is 15.0. The fourth-order valence-electron chi connectivity index (χ4n) is 3.21. The molecule has 0 bridgehead atoms. The number of aryl methyl sites for hydroxylation is 1. The number of hydrogen-bond donors (Lipinski definition) is 0. The van der Waals surface area contributed by atoms with Crippen LogP contribution in [0, 0.1) is 6.92 Å². The summed E-state index contributed by atoms with van der Waals surface area (Å²) in [5, 5.41) is 0. The van der Waals surface area contributed by atoms with Crippen molar-refractivity contribution in [1.29, 1.82) is 0 Å². The summed E-state index contributed by atoms with van der Waals surface area (Å²) in [6.45, 7) is 7.60. The van der Waals surface area contributed by atoms with Crippen molar-refractivity contribution in [3.05, 3.63) is 88.4 Å². The Morgan fingerprint density at radius 1 is 0.969 bits per heavy atom. The number of hydrogen-bond acceptors (Lipinski definition) is 4. The fourth-order valence-corrected chi connectivity index (χ4v) is 5.00. The quantitative estimate of drug-likeness (QED) is 0.412. The van der Waals surface area contributed by atoms with Crippen LogP contribution in [0.4, 0.5) is 5.69 Å². The average molecular weight is 516 g/mol. The summed E-state index contributed by atoms with van der Waals surface area (Å²) in [5.74, 6) is -0.143. The van der Waals surface area contributed by atoms with Gasteiger partial charge in [0.25, 0.3) is 15.9 Å². The van der Waals surface area contributed by atoms with Gasteiger partial charge in [-0.25, -0.2) is 8.42 Å². The molecule has 5 nitrogen and oxygen atoms in total. The van der Waals surface area contributed by atoms with Gasteiger partial charge >= 0.3 is 0 Å². The largest absolute Gasteiger partial charge is 0.483 e. The zero-order valence-electron chi connectivity index (χ0n) is 18.5. The van der Waals surface area contributed by atoms with Crippen molar-refractivity contribution in [2.75, 3.05) is 10.9 Å². The number of nitrogens with zero attached hydrogens (tertiary/aromatic N) is 1. The van der Waals surface area contributed by atoms with Crippen LogP contribution in [0.2, 0.25) is 0 Å². The fraction of sp³-hybridized carbons (Fsp3) is 0.240. The Hall–Kier alpha value is -2.64. The number of amides is 1. The van der Waals surface area contributed by atoms with E-state index in [2.05, 4.69) is 15.9 Å². The highest BCUT2D eigenvalue weighted by atomic mass is 79.9. The van der Waals surface area contributed by atoms with E-state index in [0.717, 1.165) is 19.9 Å². The number of carbonyl (C=O) groups is 1. The lowest BCUT2D eigenvalue weighted by Crippen LogP contribution is -2.40. The second-order valence-electron chi connectivity index (χ2n) is 8.49. The van der Waals surface area contributed by atoms with Gasteiger partial charge in [0.15, 0.2) is 6.61 Å². The van der Waals surface area contributed by atoms with E-state index < -0.39 is 22.5 Å². The first-order valence-electron chi connectivity index (χ1n) is 10.1. The third kappa shape index (κ3) is 5.40. The van der Waals surface area contributed by atoms with E-state index in [1.54, 1.807) is 48.5 Å². The summed E-state index contributed by atoms with van der Waals surface area (Å²) in [4.78, 5) is 13.3. The van der Waals surface area contributed by atoms with Gasteiger partial charge in [0, 0.05) is 10.0 Å². The molecular formula is C25H26BrNO4S. The van der Waals surface area contributed by atoms with Crippen molar-refractivity contribution in [3.63, 3.8) is 0 Å². The molecule has 0 atom stereocenters. The summed E-state index contributed by atoms with van der Waals surface area (Å²) in [6.07, 6.45) is 0. The molecule has 0 spiro atoms. The minimum atomic E-state index is -4.12. The molecule has 0 aliphatic carbocycles. The Bertz CT molecular complexity index is 1200. The summed E-state index contributed by atoms with van der Waals surface area (Å²) >= 11 is 3.47. The zero-order valence-corrected chi connectivity index (χ0v) is 20.9. The van der Waals surface area contributed by atoms with Gasteiger partial charge in [-0.1, -0.05) is 72.6 Å². The standard InChI is InChI=1S/C25H26BrNO4S/c1-18-10-13-20(14-11-18)27(32(29,30)21-8-6-5-7-9-21)24(28)17-31-23-15-12-19(26)16-22(23)25(2,3)4/h5-16H,17H2,1-4H3. The minimum Gasteiger partial charge on any atom is -0.483 e. The number of rotatable bonds is 6. The smallest absolute Gasteiger partial charge is 0.278 e. The van der Waals surface area contributed by atoms with E-state index >= 15 is 0 Å². The third-order valence-corrected chi connectivity index (χ3v) is 7.13. The van der Waals surface area contributed by atoms with Gasteiger partial charge < -0.3 is 4.74 Å². The molecule has 0 aliphatic heterocycles. The van der Waals surface area contributed by atoms with Crippen molar-refractivity contribution in [3.8, 4) is 5.75 Å². The Kier molecular flexibility index (Phi) is 7.10. The average Bonchev–Trinajstić information content (AvgIpc) is 2.74. The van der Waals surface area contributed by atoms with E-state index in [1.165, 1.54) is 12.1 Å². The lowest BCUT2D eigenvalue weighted by Gasteiger charge is -2.25. The van der Waals surface area contributed by atoms with E-state index in [1.807, 2.05) is 39.8 Å². The number of ether oxygens (including phenoxy) is 1. The Morgan fingerprint density at radius 2 is 1.59 bits per heavy atom. The van der Waals surface area contributed by atoms with E-state index in [0.29, 0.717) is 5.75 Å². The van der Waals surface area contributed by atoms with Crippen molar-refractivity contribution in [2.24, 2.45) is 0 Å². The maximum atomic E-state index is 13.4. The van der Waals surface area contributed by atoms with Gasteiger partial charge in [0.05, 0.1) is 10.6 Å². The molecule has 3 aromatic carbocycles. The summed E-state index contributed by atoms with van der Waals surface area (Å²) < 4.78 is 34.3. The first-order valence-corrected chi connectivity index (χ1v) is 12.4. The zero-order chi connectivity index (χ0) is 23.5. The molecule has 0 aromatic heterocycles. The van der Waals surface area contributed by atoms with Crippen LogP contribution >= 0.6 is 15.9 Å². The van der Waals surface area contributed by atoms with Crippen LogP contribution in [-0.2, 0) is 20.2 Å². The van der Waals surface area contributed by atoms with Gasteiger partial charge in [0.2, 0.25) is 0 Å². The molecule has 0 fully saturated rings. The summed E-state index contributed by atoms with van der Waals surface area (Å²) in [7, 11) is -4.12. The molecule has 0 saturated heterocycles. The van der Waals surface area contributed by atoms with Crippen LogP contribution in [0.1, 0.15) is 31.9 Å². The molecule has 7 heteroatoms. The molecule has 168 valence electrons. The van der Waals surface area contributed by atoms with Crippen LogP contribution in [0.5, 0.6) is 5.75 Å². The highest BCUT2D eigenvalue weighted by molar-refractivity contribution is 9.10. The third-order valence-electron chi connectivity index (χ3n) is 4.88. The van der Waals surface area contributed by atoms with Gasteiger partial charge in [-0.05, 0) is 54.8 Å². The Morgan fingerprint density at radius 3 is 2.19 bits per heavy atom. The second kappa shape index (κ2) is 9.46. The maximum Gasteiger partial charge on any atom is 0.278 e. The van der Waals surface area contributed by atoms with Crippen LogP contribution in [0.25, 0.3) is 0 Å². The van der Waals surface area contributed by atoms with Gasteiger partial charge in [-0.15, -0.1) is 0 Å². The Balaban J connectivity index is 1.97. The van der Waals surface area contributed by atoms with Crippen LogP contribution in [-0.4, -0.2) is 20.9 Å². The minimum absolute atomic E-state index is 0.0351. The van der Waals surface area contributed by atoms with Crippen molar-refractivity contribution in [1.82, 2.24) is 0 Å². The lowest BCUT2D eigenvalue weighted by atomic mass is 9.86. The normalized spacial score (nSPS) is 11.8. The molecule has 3 rings (SSSR count). The molecule has 32 heavy (non-hydrogen) atoms. The summed E-state index contributed by atoms with van der Waals surface area (Å²) in [5.41, 5.74) is 1.90. The van der Waals surface area contributed by atoms with Crippen LogP contribution in [0.3, 0.4) is 0 Å². The van der Waals surface area contributed by atoms with Crippen molar-refractivity contribution in [2.45, 2.75) is 38.0 Å². The van der Waals surface area contributed by atoms with E-state index in [9.17, 15) is 13.2 Å². The number of anilines is 1. The van der Waals surface area contributed by atoms with Crippen molar-refractivity contribution >= 4 is 37.5 Å². The highest BCUT2D eigenvalue weighted by Crippen LogP contribution is 2.34. The first kappa shape index (κ1) is 24.0. The summed E-state index contributed by atoms with van der Waals surface area (Å²) in [6, 6.07) is 20.2. The topological polar surface area (TPSA) is 63.7 Å². The molecule has 3 aromatic rings. The number of sulfonamides is 1. The molecule has 0 heterocycles. The van der Waals surface area contributed by atoms with Crippen LogP contribution in [0.15, 0.2) is 82.2 Å². The number of carbonyl (C=O) groups excluding carboxylic acids is 1. The molecule has 0 unspecified atom stereocenters. The molecule has 0 radical (unpaired) electrons. The van der Waals surface area contributed by atoms with Crippen LogP contribution < -0.4 is 9.04 Å². The van der Waals surface area contributed by atoms with E-state index in [-0.39, 0.29) is 16.0 Å². The lowest BCUT2D eigenvalue weighted by molar-refractivity contribution is -0.119. The predicted molar refractivity (Wildman–Crippen MR) is 131 cm³/mol. The maximum absolute atomic E-state index is 13.4. The second-order valence-corrected chi connectivity index (χ2v) is 11.2. The highest BCUT2D eigenvalue weighted by Gasteiger charge is 2.31. The number of benzene rings is 3. The number of halogens is 1. The SMILES string of the molecule is Cc1ccc(N(C(=O)COc2ccc(Br)cc2C(C)(C)C)S(=O)(=O)c2ccccc2)cc1. The van der Waals surface area contributed by atoms with Gasteiger partial charge in [-0.3, -0.25) is 4.79 Å². The predicted octanol–water partition coefficient (Wildman–Crippen LogP) is 5.86. The van der Waals surface area contributed by atoms with Crippen molar-refractivity contribution < 1.29 is 17.9 Å². The molecule has 1 amide bonds. The van der Waals surface area contributed by atoms with E-state index in [4.69, 9.17) is 4.74 Å². The Labute approximate surface area is 198 Å². The molecule has 0 aliphatic rings. The molecule has 0 N–H and O–H groups in total.